The van der Waals surface area contributed by atoms with E-state index in [1.165, 1.54) is 6.07 Å². The minimum absolute atomic E-state index is 0.192. The highest BCUT2D eigenvalue weighted by Gasteiger charge is 2.13. The molecule has 4 aromatic rings. The number of carbonyl (C=O) groups excluding carboxylic acids is 1. The van der Waals surface area contributed by atoms with Gasteiger partial charge in [-0.25, -0.2) is 9.78 Å². The highest BCUT2D eigenvalue weighted by Crippen LogP contribution is 2.32. The van der Waals surface area contributed by atoms with E-state index in [1.807, 2.05) is 48.5 Å². The van der Waals surface area contributed by atoms with Crippen LogP contribution in [0.2, 0.25) is 0 Å². The first-order chi connectivity index (χ1) is 12.2. The van der Waals surface area contributed by atoms with Crippen LogP contribution < -0.4 is 0 Å². The molecule has 4 rings (SSSR count). The van der Waals surface area contributed by atoms with Crippen molar-refractivity contribution >= 4 is 33.9 Å². The van der Waals surface area contributed by atoms with Crippen molar-refractivity contribution < 1.29 is 14.7 Å². The average molecular weight is 327 g/mol. The number of aromatic carboxylic acids is 1. The number of benzene rings is 3. The summed E-state index contributed by atoms with van der Waals surface area (Å²) in [5, 5.41) is 12.0. The van der Waals surface area contributed by atoms with E-state index in [4.69, 9.17) is 0 Å². The van der Waals surface area contributed by atoms with Gasteiger partial charge in [0, 0.05) is 10.9 Å². The van der Waals surface area contributed by atoms with Crippen molar-refractivity contribution in [1.82, 2.24) is 4.98 Å². The molecule has 0 bridgehead atoms. The Kier molecular flexibility index (Phi) is 3.51. The van der Waals surface area contributed by atoms with Crippen LogP contribution in [0.15, 0.2) is 66.7 Å². The lowest BCUT2D eigenvalue weighted by molar-refractivity contribution is 0.0697. The topological polar surface area (TPSA) is 67.3 Å². The number of nitrogens with zero attached hydrogens (tertiary/aromatic N) is 1. The molecule has 0 amide bonds. The molecule has 0 unspecified atom stereocenters. The third kappa shape index (κ3) is 2.54. The van der Waals surface area contributed by atoms with Gasteiger partial charge in [0.2, 0.25) is 0 Å². The van der Waals surface area contributed by atoms with Crippen molar-refractivity contribution in [3.63, 3.8) is 0 Å². The van der Waals surface area contributed by atoms with Gasteiger partial charge in [0.1, 0.15) is 5.69 Å². The van der Waals surface area contributed by atoms with Gasteiger partial charge in [-0.05, 0) is 40.6 Å². The first kappa shape index (κ1) is 15.0. The summed E-state index contributed by atoms with van der Waals surface area (Å²) in [5.41, 5.74) is 2.72. The van der Waals surface area contributed by atoms with E-state index >= 15 is 0 Å². The van der Waals surface area contributed by atoms with Gasteiger partial charge in [0.15, 0.2) is 6.29 Å². The fourth-order valence-corrected chi connectivity index (χ4v) is 3.09. The van der Waals surface area contributed by atoms with Crippen molar-refractivity contribution in [2.24, 2.45) is 0 Å². The Morgan fingerprint density at radius 3 is 2.48 bits per heavy atom. The molecule has 0 atom stereocenters. The van der Waals surface area contributed by atoms with Crippen LogP contribution in [0.5, 0.6) is 0 Å². The zero-order chi connectivity index (χ0) is 17.4. The summed E-state index contributed by atoms with van der Waals surface area (Å²) in [5.74, 6) is -0.993. The molecule has 1 heterocycles. The van der Waals surface area contributed by atoms with Gasteiger partial charge in [0.05, 0.1) is 11.1 Å². The highest BCUT2D eigenvalue weighted by atomic mass is 16.4. The van der Waals surface area contributed by atoms with Gasteiger partial charge in [-0.3, -0.25) is 4.79 Å². The maximum atomic E-state index is 11.6. The lowest BCUT2D eigenvalue weighted by Crippen LogP contribution is -1.98. The van der Waals surface area contributed by atoms with Crippen LogP contribution >= 0.6 is 0 Å². The summed E-state index contributed by atoms with van der Waals surface area (Å²) < 4.78 is 0. The van der Waals surface area contributed by atoms with Gasteiger partial charge in [-0.2, -0.15) is 0 Å². The van der Waals surface area contributed by atoms with Crippen molar-refractivity contribution in [1.29, 1.82) is 0 Å². The van der Waals surface area contributed by atoms with E-state index in [1.54, 1.807) is 12.1 Å². The van der Waals surface area contributed by atoms with Crippen LogP contribution in [0, 0.1) is 0 Å². The molecule has 1 aromatic heterocycles. The van der Waals surface area contributed by atoms with Crippen molar-refractivity contribution in [2.75, 3.05) is 0 Å². The Bertz CT molecular complexity index is 1140. The Morgan fingerprint density at radius 1 is 0.880 bits per heavy atom. The number of carbonyl (C=O) groups is 2. The molecule has 25 heavy (non-hydrogen) atoms. The molecule has 120 valence electrons. The standard InChI is InChI=1S/C21H13NO3/c23-12-20-18(17-7-3-5-13-4-1-2-6-16(13)17)11-15-10-14(21(24)25)8-9-19(15)22-20/h1-12H,(H,24,25). The van der Waals surface area contributed by atoms with Crippen LogP contribution in [0.4, 0.5) is 0 Å². The van der Waals surface area contributed by atoms with Gasteiger partial charge in [-0.1, -0.05) is 42.5 Å². The largest absolute Gasteiger partial charge is 0.478 e. The molecule has 0 aliphatic rings. The third-order valence-corrected chi connectivity index (χ3v) is 4.28. The lowest BCUT2D eigenvalue weighted by atomic mass is 9.96. The zero-order valence-corrected chi connectivity index (χ0v) is 13.1. The molecule has 0 saturated heterocycles. The number of fused-ring (bicyclic) bond motifs is 2. The Hall–Kier alpha value is -3.53. The van der Waals surface area contributed by atoms with Crippen LogP contribution in [-0.2, 0) is 0 Å². The maximum Gasteiger partial charge on any atom is 0.335 e. The summed E-state index contributed by atoms with van der Waals surface area (Å²) in [4.78, 5) is 27.2. The molecule has 4 nitrogen and oxygen atoms in total. The smallest absolute Gasteiger partial charge is 0.335 e. The molecule has 0 aliphatic carbocycles. The third-order valence-electron chi connectivity index (χ3n) is 4.28. The molecule has 0 fully saturated rings. The molecule has 1 N–H and O–H groups in total. The second kappa shape index (κ2) is 5.83. The molecule has 4 heteroatoms. The monoisotopic (exact) mass is 327 g/mol. The average Bonchev–Trinajstić information content (AvgIpc) is 2.66. The Morgan fingerprint density at radius 2 is 1.68 bits per heavy atom. The fraction of sp³-hybridized carbons (Fsp3) is 0. The summed E-state index contributed by atoms with van der Waals surface area (Å²) >= 11 is 0. The first-order valence-electron chi connectivity index (χ1n) is 7.79. The van der Waals surface area contributed by atoms with Gasteiger partial charge >= 0.3 is 5.97 Å². The number of carboxylic acid groups (broad SMARTS) is 1. The molecular formula is C21H13NO3. The molecule has 0 aliphatic heterocycles. The van der Waals surface area contributed by atoms with E-state index < -0.39 is 5.97 Å². The predicted molar refractivity (Wildman–Crippen MR) is 97.0 cm³/mol. The number of carboxylic acids is 1. The normalized spacial score (nSPS) is 10.9. The van der Waals surface area contributed by atoms with Crippen LogP contribution in [0.3, 0.4) is 0 Å². The number of aldehydes is 1. The zero-order valence-electron chi connectivity index (χ0n) is 13.1. The highest BCUT2D eigenvalue weighted by molar-refractivity contribution is 6.03. The van der Waals surface area contributed by atoms with Gasteiger partial charge in [0.25, 0.3) is 0 Å². The second-order valence-corrected chi connectivity index (χ2v) is 5.78. The minimum atomic E-state index is -0.993. The van der Waals surface area contributed by atoms with E-state index in [2.05, 4.69) is 4.98 Å². The van der Waals surface area contributed by atoms with Crippen LogP contribution in [-0.4, -0.2) is 22.3 Å². The van der Waals surface area contributed by atoms with Crippen molar-refractivity contribution in [3.8, 4) is 11.1 Å². The molecule has 0 spiro atoms. The minimum Gasteiger partial charge on any atom is -0.478 e. The molecule has 0 radical (unpaired) electrons. The number of hydrogen-bond acceptors (Lipinski definition) is 3. The predicted octanol–water partition coefficient (Wildman–Crippen LogP) is 4.57. The summed E-state index contributed by atoms with van der Waals surface area (Å²) in [6.07, 6.45) is 0.738. The summed E-state index contributed by atoms with van der Waals surface area (Å²) in [7, 11) is 0. The molecular weight excluding hydrogens is 314 g/mol. The fourth-order valence-electron chi connectivity index (χ4n) is 3.09. The first-order valence-corrected chi connectivity index (χ1v) is 7.79. The SMILES string of the molecule is O=Cc1nc2ccc(C(=O)O)cc2cc1-c1cccc2ccccc12. The number of rotatable bonds is 3. The Balaban J connectivity index is 2.05. The van der Waals surface area contributed by atoms with Crippen molar-refractivity contribution in [2.45, 2.75) is 0 Å². The van der Waals surface area contributed by atoms with Crippen LogP contribution in [0.1, 0.15) is 20.8 Å². The second-order valence-electron chi connectivity index (χ2n) is 5.78. The maximum absolute atomic E-state index is 11.6. The number of pyridine rings is 1. The van der Waals surface area contributed by atoms with Crippen molar-refractivity contribution in [3.05, 3.63) is 78.0 Å². The van der Waals surface area contributed by atoms with Crippen LogP contribution in [0.25, 0.3) is 32.8 Å². The van der Waals surface area contributed by atoms with E-state index in [0.717, 1.165) is 22.6 Å². The van der Waals surface area contributed by atoms with Gasteiger partial charge < -0.3 is 5.11 Å². The quantitative estimate of drug-likeness (QED) is 0.560. The van der Waals surface area contributed by atoms with Gasteiger partial charge in [-0.15, -0.1) is 0 Å². The van der Waals surface area contributed by atoms with E-state index in [-0.39, 0.29) is 5.56 Å². The Labute approximate surface area is 143 Å². The summed E-state index contributed by atoms with van der Waals surface area (Å²) in [6, 6.07) is 20.3. The molecule has 3 aromatic carbocycles. The van der Waals surface area contributed by atoms with E-state index in [9.17, 15) is 14.7 Å². The lowest BCUT2D eigenvalue weighted by Gasteiger charge is -2.10. The number of hydrogen-bond donors (Lipinski definition) is 1. The van der Waals surface area contributed by atoms with E-state index in [0.29, 0.717) is 22.2 Å². The number of aromatic nitrogens is 1. The molecule has 0 saturated carbocycles. The summed E-state index contributed by atoms with van der Waals surface area (Å²) in [6.45, 7) is 0.